The number of fused-ring (bicyclic) bond motifs is 1. The van der Waals surface area contributed by atoms with Crippen LogP contribution in [0.15, 0.2) is 67.4 Å². The number of carbonyl (C=O) groups excluding carboxylic acids is 1. The molecule has 4 heteroatoms. The molecule has 0 saturated carbocycles. The zero-order chi connectivity index (χ0) is 17.8. The van der Waals surface area contributed by atoms with E-state index in [9.17, 15) is 4.79 Å². The molecule has 2 aromatic carbocycles. The summed E-state index contributed by atoms with van der Waals surface area (Å²) in [6.07, 6.45) is 4.13. The molecule has 0 aliphatic rings. The lowest BCUT2D eigenvalue weighted by molar-refractivity contribution is -0.117. The number of aryl methyl sites for hydroxylation is 1. The second-order valence-electron chi connectivity index (χ2n) is 5.92. The zero-order valence-corrected chi connectivity index (χ0v) is 16.2. The van der Waals surface area contributed by atoms with E-state index in [0.29, 0.717) is 6.42 Å². The largest absolute Gasteiger partial charge is 0.324 e. The van der Waals surface area contributed by atoms with Gasteiger partial charge < -0.3 is 5.32 Å². The lowest BCUT2D eigenvalue weighted by Gasteiger charge is -2.18. The minimum Gasteiger partial charge on any atom is -0.324 e. The number of nitrogens with zero attached hydrogens (tertiary/aromatic N) is 1. The molecule has 3 nitrogen and oxygen atoms in total. The molecule has 0 radical (unpaired) electrons. The van der Waals surface area contributed by atoms with Crippen molar-refractivity contribution in [2.75, 3.05) is 5.32 Å². The van der Waals surface area contributed by atoms with E-state index in [1.54, 1.807) is 12.3 Å². The van der Waals surface area contributed by atoms with Crippen LogP contribution in [0, 0.1) is 10.5 Å². The summed E-state index contributed by atoms with van der Waals surface area (Å²) >= 11 is 2.28. The smallest absolute Gasteiger partial charge is 0.232 e. The van der Waals surface area contributed by atoms with Crippen molar-refractivity contribution in [2.45, 2.75) is 19.3 Å². The fraction of sp³-hybridized carbons (Fsp3) is 0.143. The molecule has 1 heterocycles. The summed E-state index contributed by atoms with van der Waals surface area (Å²) in [6.45, 7) is 5.84. The topological polar surface area (TPSA) is 42.0 Å². The lowest BCUT2D eigenvalue weighted by atomic mass is 9.91. The van der Waals surface area contributed by atoms with Gasteiger partial charge in [0.25, 0.3) is 0 Å². The van der Waals surface area contributed by atoms with Gasteiger partial charge in [-0.25, -0.2) is 0 Å². The second-order valence-corrected chi connectivity index (χ2v) is 7.08. The summed E-state index contributed by atoms with van der Waals surface area (Å²) in [7, 11) is 0. The maximum absolute atomic E-state index is 13.0. The van der Waals surface area contributed by atoms with Crippen LogP contribution in [0.4, 0.5) is 5.69 Å². The number of halogens is 1. The third kappa shape index (κ3) is 3.74. The number of amides is 1. The van der Waals surface area contributed by atoms with Gasteiger partial charge in [0.15, 0.2) is 0 Å². The van der Waals surface area contributed by atoms with Gasteiger partial charge in [0.2, 0.25) is 5.91 Å². The fourth-order valence-electron chi connectivity index (χ4n) is 2.98. The minimum atomic E-state index is -0.267. The number of allylic oxidation sites excluding steroid dienone is 1. The van der Waals surface area contributed by atoms with Gasteiger partial charge in [0.1, 0.15) is 0 Å². The first-order chi connectivity index (χ1) is 12.1. The Morgan fingerprint density at radius 2 is 2.04 bits per heavy atom. The SMILES string of the molecule is C=CCC(C(=O)Nc1ccc(I)c2cccnc12)c1ccccc1C. The number of hydrogen-bond acceptors (Lipinski definition) is 2. The molecule has 3 rings (SSSR count). The van der Waals surface area contributed by atoms with E-state index in [4.69, 9.17) is 0 Å². The van der Waals surface area contributed by atoms with Crippen LogP contribution in [-0.4, -0.2) is 10.9 Å². The number of anilines is 1. The average molecular weight is 442 g/mol. The molecule has 0 bridgehead atoms. The zero-order valence-electron chi connectivity index (χ0n) is 14.0. The summed E-state index contributed by atoms with van der Waals surface area (Å²) in [4.78, 5) is 17.4. The minimum absolute atomic E-state index is 0.0395. The van der Waals surface area contributed by atoms with Crippen LogP contribution in [-0.2, 0) is 4.79 Å². The third-order valence-corrected chi connectivity index (χ3v) is 5.20. The van der Waals surface area contributed by atoms with Crippen molar-refractivity contribution in [1.29, 1.82) is 0 Å². The quantitative estimate of drug-likeness (QED) is 0.422. The maximum Gasteiger partial charge on any atom is 0.232 e. The molecule has 0 aliphatic heterocycles. The van der Waals surface area contributed by atoms with Gasteiger partial charge in [-0.1, -0.05) is 36.4 Å². The van der Waals surface area contributed by atoms with E-state index in [-0.39, 0.29) is 11.8 Å². The normalized spacial score (nSPS) is 11.9. The van der Waals surface area contributed by atoms with E-state index >= 15 is 0 Å². The Bertz CT molecular complexity index is 936. The van der Waals surface area contributed by atoms with Crippen molar-refractivity contribution in [2.24, 2.45) is 0 Å². The molecular formula is C21H19IN2O. The van der Waals surface area contributed by atoms with E-state index in [2.05, 4.69) is 39.5 Å². The Morgan fingerprint density at radius 3 is 2.80 bits per heavy atom. The highest BCUT2D eigenvalue weighted by molar-refractivity contribution is 14.1. The number of rotatable bonds is 5. The molecule has 1 N–H and O–H groups in total. The Balaban J connectivity index is 1.96. The van der Waals surface area contributed by atoms with E-state index < -0.39 is 0 Å². The monoisotopic (exact) mass is 442 g/mol. The van der Waals surface area contributed by atoms with Gasteiger partial charge in [-0.05, 0) is 65.3 Å². The highest BCUT2D eigenvalue weighted by Gasteiger charge is 2.21. The van der Waals surface area contributed by atoms with Crippen molar-refractivity contribution in [3.05, 3.63) is 82.1 Å². The lowest BCUT2D eigenvalue weighted by Crippen LogP contribution is -2.22. The fourth-order valence-corrected chi connectivity index (χ4v) is 3.59. The van der Waals surface area contributed by atoms with Crippen molar-refractivity contribution in [3.8, 4) is 0 Å². The molecule has 25 heavy (non-hydrogen) atoms. The Morgan fingerprint density at radius 1 is 1.24 bits per heavy atom. The molecule has 1 unspecified atom stereocenters. The molecule has 0 aliphatic carbocycles. The molecule has 1 aromatic heterocycles. The Hall–Kier alpha value is -2.21. The van der Waals surface area contributed by atoms with E-state index in [1.165, 1.54) is 0 Å². The highest BCUT2D eigenvalue weighted by Crippen LogP contribution is 2.29. The summed E-state index contributed by atoms with van der Waals surface area (Å²) in [6, 6.07) is 15.8. The van der Waals surface area contributed by atoms with Gasteiger partial charge in [-0.2, -0.15) is 0 Å². The molecule has 1 atom stereocenters. The van der Waals surface area contributed by atoms with Gasteiger partial charge in [-0.15, -0.1) is 6.58 Å². The van der Waals surface area contributed by atoms with Crippen molar-refractivity contribution in [1.82, 2.24) is 4.98 Å². The van der Waals surface area contributed by atoms with Gasteiger partial charge in [0.05, 0.1) is 17.1 Å². The Labute approximate surface area is 161 Å². The number of nitrogens with one attached hydrogen (secondary N) is 1. The molecular weight excluding hydrogens is 423 g/mol. The maximum atomic E-state index is 13.0. The van der Waals surface area contributed by atoms with Crippen LogP contribution >= 0.6 is 22.6 Å². The molecule has 3 aromatic rings. The summed E-state index contributed by atoms with van der Waals surface area (Å²) in [5.41, 5.74) is 3.69. The van der Waals surface area contributed by atoms with Crippen molar-refractivity contribution >= 4 is 45.1 Å². The molecule has 0 fully saturated rings. The molecule has 1 amide bonds. The van der Waals surface area contributed by atoms with Gasteiger partial charge >= 0.3 is 0 Å². The number of hydrogen-bond donors (Lipinski definition) is 1. The second kappa shape index (κ2) is 7.78. The highest BCUT2D eigenvalue weighted by atomic mass is 127. The first kappa shape index (κ1) is 17.6. The summed E-state index contributed by atoms with van der Waals surface area (Å²) in [5, 5.41) is 4.11. The summed E-state index contributed by atoms with van der Waals surface area (Å²) in [5.74, 6) is -0.306. The van der Waals surface area contributed by atoms with E-state index in [0.717, 1.165) is 31.3 Å². The average Bonchev–Trinajstić information content (AvgIpc) is 2.63. The van der Waals surface area contributed by atoms with Crippen molar-refractivity contribution < 1.29 is 4.79 Å². The Kier molecular flexibility index (Phi) is 5.48. The summed E-state index contributed by atoms with van der Waals surface area (Å²) < 4.78 is 1.11. The number of pyridine rings is 1. The first-order valence-corrected chi connectivity index (χ1v) is 9.20. The van der Waals surface area contributed by atoms with Crippen LogP contribution < -0.4 is 5.32 Å². The van der Waals surface area contributed by atoms with Crippen LogP contribution in [0.5, 0.6) is 0 Å². The van der Waals surface area contributed by atoms with Crippen LogP contribution in [0.25, 0.3) is 10.9 Å². The number of carbonyl (C=O) groups is 1. The van der Waals surface area contributed by atoms with Crippen LogP contribution in [0.1, 0.15) is 23.5 Å². The molecule has 0 spiro atoms. The number of benzene rings is 2. The molecule has 126 valence electrons. The number of aromatic nitrogens is 1. The first-order valence-electron chi connectivity index (χ1n) is 8.12. The molecule has 0 saturated heterocycles. The van der Waals surface area contributed by atoms with Gasteiger partial charge in [-0.3, -0.25) is 9.78 Å². The van der Waals surface area contributed by atoms with Crippen LogP contribution in [0.3, 0.4) is 0 Å². The van der Waals surface area contributed by atoms with E-state index in [1.807, 2.05) is 55.5 Å². The van der Waals surface area contributed by atoms with Crippen molar-refractivity contribution in [3.63, 3.8) is 0 Å². The predicted molar refractivity (Wildman–Crippen MR) is 112 cm³/mol. The van der Waals surface area contributed by atoms with Crippen LogP contribution in [0.2, 0.25) is 0 Å². The van der Waals surface area contributed by atoms with Gasteiger partial charge in [0, 0.05) is 15.2 Å². The third-order valence-electron chi connectivity index (χ3n) is 4.26. The predicted octanol–water partition coefficient (Wildman–Crippen LogP) is 5.45. The standard InChI is InChI=1S/C21H19IN2O/c1-3-7-16(15-9-5-4-8-14(15)2)21(25)24-19-12-11-18(22)17-10-6-13-23-20(17)19/h3-6,8-13,16H,1,7H2,2H3,(H,24,25).